The minimum atomic E-state index is 0.237. The fraction of sp³-hybridized carbons (Fsp3) is 0.538. The standard InChI is InChI=1S/C13H19N/c1-7-5-8(2)12-11(6-7)9(3)10(4)13(12)14/h5-6,9-10,13H,14H2,1-4H3. The van der Waals surface area contributed by atoms with E-state index in [4.69, 9.17) is 5.73 Å². The van der Waals surface area contributed by atoms with Crippen LogP contribution in [0.25, 0.3) is 0 Å². The second kappa shape index (κ2) is 3.09. The lowest BCUT2D eigenvalue weighted by Gasteiger charge is -2.14. The van der Waals surface area contributed by atoms with E-state index in [9.17, 15) is 0 Å². The highest BCUT2D eigenvalue weighted by molar-refractivity contribution is 5.46. The molecule has 0 amide bonds. The van der Waals surface area contributed by atoms with Crippen molar-refractivity contribution in [1.29, 1.82) is 0 Å². The maximum atomic E-state index is 6.23. The topological polar surface area (TPSA) is 26.0 Å². The van der Waals surface area contributed by atoms with Crippen LogP contribution in [-0.2, 0) is 0 Å². The predicted octanol–water partition coefficient (Wildman–Crippen LogP) is 3.06. The van der Waals surface area contributed by atoms with Crippen molar-refractivity contribution in [3.8, 4) is 0 Å². The van der Waals surface area contributed by atoms with E-state index >= 15 is 0 Å². The van der Waals surface area contributed by atoms with Crippen LogP contribution in [0.5, 0.6) is 0 Å². The number of fused-ring (bicyclic) bond motifs is 1. The Labute approximate surface area is 86.3 Å². The van der Waals surface area contributed by atoms with Gasteiger partial charge in [0.1, 0.15) is 0 Å². The zero-order chi connectivity index (χ0) is 10.5. The minimum absolute atomic E-state index is 0.237. The minimum Gasteiger partial charge on any atom is -0.324 e. The van der Waals surface area contributed by atoms with Crippen molar-refractivity contribution >= 4 is 0 Å². The Bertz CT molecular complexity index is 368. The summed E-state index contributed by atoms with van der Waals surface area (Å²) in [5.74, 6) is 1.18. The highest BCUT2D eigenvalue weighted by Crippen LogP contribution is 2.44. The molecule has 0 spiro atoms. The number of benzene rings is 1. The molecule has 0 bridgehead atoms. The molecule has 1 heteroatoms. The molecule has 1 aliphatic carbocycles. The maximum Gasteiger partial charge on any atom is 0.0332 e. The maximum absolute atomic E-state index is 6.23. The van der Waals surface area contributed by atoms with Gasteiger partial charge in [-0.3, -0.25) is 0 Å². The number of hydrogen-bond donors (Lipinski definition) is 1. The summed E-state index contributed by atoms with van der Waals surface area (Å²) in [6, 6.07) is 4.78. The van der Waals surface area contributed by atoms with Crippen LogP contribution >= 0.6 is 0 Å². The number of rotatable bonds is 0. The lowest BCUT2D eigenvalue weighted by molar-refractivity contribution is 0.450. The summed E-state index contributed by atoms with van der Waals surface area (Å²) in [6.07, 6.45) is 0. The second-order valence-electron chi connectivity index (χ2n) is 4.76. The van der Waals surface area contributed by atoms with E-state index < -0.39 is 0 Å². The summed E-state index contributed by atoms with van der Waals surface area (Å²) in [5.41, 5.74) is 11.8. The molecule has 1 aliphatic rings. The van der Waals surface area contributed by atoms with Crippen LogP contribution in [0.1, 0.15) is 48.1 Å². The molecule has 0 aromatic heterocycles. The highest BCUT2D eigenvalue weighted by Gasteiger charge is 2.33. The number of hydrogen-bond acceptors (Lipinski definition) is 1. The Morgan fingerprint density at radius 3 is 2.43 bits per heavy atom. The molecule has 0 saturated carbocycles. The fourth-order valence-electron chi connectivity index (χ4n) is 2.70. The number of aryl methyl sites for hydroxylation is 2. The van der Waals surface area contributed by atoms with Crippen LogP contribution in [-0.4, -0.2) is 0 Å². The van der Waals surface area contributed by atoms with Crippen molar-refractivity contribution in [1.82, 2.24) is 0 Å². The Kier molecular flexibility index (Phi) is 2.15. The van der Waals surface area contributed by atoms with E-state index in [-0.39, 0.29) is 6.04 Å². The van der Waals surface area contributed by atoms with Crippen LogP contribution < -0.4 is 5.73 Å². The Hall–Kier alpha value is -0.820. The molecular formula is C13H19N. The van der Waals surface area contributed by atoms with Crippen molar-refractivity contribution < 1.29 is 0 Å². The van der Waals surface area contributed by atoms with Crippen molar-refractivity contribution in [2.45, 2.75) is 39.7 Å². The molecule has 0 fully saturated rings. The van der Waals surface area contributed by atoms with Gasteiger partial charge >= 0.3 is 0 Å². The van der Waals surface area contributed by atoms with Gasteiger partial charge in [0.25, 0.3) is 0 Å². The van der Waals surface area contributed by atoms with Crippen LogP contribution in [0, 0.1) is 19.8 Å². The van der Waals surface area contributed by atoms with E-state index in [0.717, 1.165) is 0 Å². The quantitative estimate of drug-likeness (QED) is 0.667. The zero-order valence-corrected chi connectivity index (χ0v) is 9.46. The van der Waals surface area contributed by atoms with Gasteiger partial charge in [0.15, 0.2) is 0 Å². The Morgan fingerprint density at radius 1 is 1.14 bits per heavy atom. The average Bonchev–Trinajstić information content (AvgIpc) is 2.31. The first-order valence-corrected chi connectivity index (χ1v) is 5.39. The van der Waals surface area contributed by atoms with Crippen LogP contribution in [0.4, 0.5) is 0 Å². The second-order valence-corrected chi connectivity index (χ2v) is 4.76. The average molecular weight is 189 g/mol. The summed E-state index contributed by atoms with van der Waals surface area (Å²) < 4.78 is 0. The molecule has 1 nitrogen and oxygen atoms in total. The van der Waals surface area contributed by atoms with E-state index in [2.05, 4.69) is 39.8 Å². The number of nitrogens with two attached hydrogens (primary N) is 1. The SMILES string of the molecule is Cc1cc(C)c2c(c1)C(C)C(C)C2N. The summed E-state index contributed by atoms with van der Waals surface area (Å²) in [5, 5.41) is 0. The monoisotopic (exact) mass is 189 g/mol. The van der Waals surface area contributed by atoms with Crippen molar-refractivity contribution in [2.75, 3.05) is 0 Å². The summed E-state index contributed by atoms with van der Waals surface area (Å²) >= 11 is 0. The van der Waals surface area contributed by atoms with Gasteiger partial charge in [0.2, 0.25) is 0 Å². The first kappa shape index (κ1) is 9.72. The molecule has 2 N–H and O–H groups in total. The van der Waals surface area contributed by atoms with Crippen LogP contribution in [0.2, 0.25) is 0 Å². The third kappa shape index (κ3) is 1.19. The van der Waals surface area contributed by atoms with Gasteiger partial charge in [0.05, 0.1) is 0 Å². The molecule has 0 radical (unpaired) electrons. The smallest absolute Gasteiger partial charge is 0.0332 e. The lowest BCUT2D eigenvalue weighted by Crippen LogP contribution is -2.15. The summed E-state index contributed by atoms with van der Waals surface area (Å²) in [7, 11) is 0. The molecule has 0 aliphatic heterocycles. The highest BCUT2D eigenvalue weighted by atomic mass is 14.7. The largest absolute Gasteiger partial charge is 0.324 e. The molecule has 0 heterocycles. The fourth-order valence-corrected chi connectivity index (χ4v) is 2.70. The van der Waals surface area contributed by atoms with E-state index in [0.29, 0.717) is 11.8 Å². The van der Waals surface area contributed by atoms with Gasteiger partial charge < -0.3 is 5.73 Å². The first-order valence-electron chi connectivity index (χ1n) is 5.39. The molecule has 14 heavy (non-hydrogen) atoms. The van der Waals surface area contributed by atoms with Gasteiger partial charge in [0, 0.05) is 6.04 Å². The van der Waals surface area contributed by atoms with Crippen LogP contribution in [0.15, 0.2) is 12.1 Å². The third-order valence-electron chi connectivity index (χ3n) is 3.74. The lowest BCUT2D eigenvalue weighted by atomic mass is 9.94. The molecule has 1 aromatic carbocycles. The molecule has 3 atom stereocenters. The van der Waals surface area contributed by atoms with Crippen molar-refractivity contribution in [3.05, 3.63) is 34.4 Å². The normalized spacial score (nSPS) is 30.5. The predicted molar refractivity (Wildman–Crippen MR) is 60.4 cm³/mol. The van der Waals surface area contributed by atoms with Gasteiger partial charge in [-0.2, -0.15) is 0 Å². The van der Waals surface area contributed by atoms with E-state index in [1.807, 2.05) is 0 Å². The van der Waals surface area contributed by atoms with E-state index in [1.165, 1.54) is 22.3 Å². The molecule has 3 unspecified atom stereocenters. The molecule has 2 rings (SSSR count). The molecule has 0 saturated heterocycles. The van der Waals surface area contributed by atoms with Gasteiger partial charge in [-0.05, 0) is 42.4 Å². The van der Waals surface area contributed by atoms with Gasteiger partial charge in [-0.25, -0.2) is 0 Å². The summed E-state index contributed by atoms with van der Waals surface area (Å²) in [4.78, 5) is 0. The Morgan fingerprint density at radius 2 is 1.79 bits per heavy atom. The molecule has 1 aromatic rings. The van der Waals surface area contributed by atoms with Crippen LogP contribution in [0.3, 0.4) is 0 Å². The van der Waals surface area contributed by atoms with Crippen molar-refractivity contribution in [3.63, 3.8) is 0 Å². The third-order valence-corrected chi connectivity index (χ3v) is 3.74. The first-order chi connectivity index (χ1) is 6.52. The summed E-state index contributed by atoms with van der Waals surface area (Å²) in [6.45, 7) is 8.88. The van der Waals surface area contributed by atoms with Gasteiger partial charge in [-0.1, -0.05) is 31.5 Å². The van der Waals surface area contributed by atoms with Crippen molar-refractivity contribution in [2.24, 2.45) is 11.7 Å². The zero-order valence-electron chi connectivity index (χ0n) is 9.46. The van der Waals surface area contributed by atoms with Gasteiger partial charge in [-0.15, -0.1) is 0 Å². The molecular weight excluding hydrogens is 170 g/mol. The Balaban J connectivity index is 2.63. The molecule has 76 valence electrons. The van der Waals surface area contributed by atoms with E-state index in [1.54, 1.807) is 0 Å².